The van der Waals surface area contributed by atoms with Crippen molar-refractivity contribution in [2.24, 2.45) is 0 Å². The summed E-state index contributed by atoms with van der Waals surface area (Å²) < 4.78 is 29.5. The number of carbonyl (C=O) groups excluding carboxylic acids is 1. The molecule has 3 nitrogen and oxygen atoms in total. The van der Waals surface area contributed by atoms with Crippen LogP contribution in [-0.2, 0) is 0 Å². The van der Waals surface area contributed by atoms with Gasteiger partial charge in [-0.3, -0.25) is 4.79 Å². The van der Waals surface area contributed by atoms with Gasteiger partial charge in [-0.1, -0.05) is 40.9 Å². The Hall–Kier alpha value is -1.60. The van der Waals surface area contributed by atoms with Crippen LogP contribution < -0.4 is 10.1 Å². The molecule has 0 atom stereocenters. The van der Waals surface area contributed by atoms with E-state index in [1.807, 2.05) is 0 Å². The predicted molar refractivity (Wildman–Crippen MR) is 97.9 cm³/mol. The first-order chi connectivity index (χ1) is 11.8. The van der Waals surface area contributed by atoms with Gasteiger partial charge in [0.1, 0.15) is 10.6 Å². The Morgan fingerprint density at radius 1 is 1.12 bits per heavy atom. The van der Waals surface area contributed by atoms with Gasteiger partial charge in [0.2, 0.25) is 0 Å². The third kappa shape index (κ3) is 3.98. The Morgan fingerprint density at radius 2 is 1.88 bits per heavy atom. The van der Waals surface area contributed by atoms with Crippen LogP contribution in [0.2, 0.25) is 15.1 Å². The molecule has 3 aromatic rings. The van der Waals surface area contributed by atoms with Crippen LogP contribution >= 0.6 is 46.1 Å². The summed E-state index contributed by atoms with van der Waals surface area (Å²) >= 11 is 19.3. The highest BCUT2D eigenvalue weighted by Gasteiger charge is 2.18. The van der Waals surface area contributed by atoms with E-state index in [9.17, 15) is 13.6 Å². The Bertz CT molecular complexity index is 962. The average Bonchev–Trinajstić information content (AvgIpc) is 2.86. The second kappa shape index (κ2) is 7.33. The molecular formula is C16H8Cl3F2NO2S. The summed E-state index contributed by atoms with van der Waals surface area (Å²) in [5, 5.41) is 4.15. The van der Waals surface area contributed by atoms with Crippen LogP contribution in [0.5, 0.6) is 5.75 Å². The molecule has 0 radical (unpaired) electrons. The van der Waals surface area contributed by atoms with Crippen molar-refractivity contribution in [1.82, 2.24) is 0 Å². The fraction of sp³-hybridized carbons (Fsp3) is 0.0625. The van der Waals surface area contributed by atoms with Gasteiger partial charge in [-0.15, -0.1) is 11.3 Å². The van der Waals surface area contributed by atoms with Crippen molar-refractivity contribution in [3.8, 4) is 5.75 Å². The number of nitrogens with one attached hydrogen (secondary N) is 1. The predicted octanol–water partition coefficient (Wildman–Crippen LogP) is 6.72. The van der Waals surface area contributed by atoms with Crippen LogP contribution in [0.25, 0.3) is 10.1 Å². The number of alkyl halides is 2. The van der Waals surface area contributed by atoms with Crippen LogP contribution in [0.15, 0.2) is 36.4 Å². The lowest BCUT2D eigenvalue weighted by Crippen LogP contribution is -2.11. The van der Waals surface area contributed by atoms with Gasteiger partial charge in [0, 0.05) is 20.8 Å². The molecule has 0 spiro atoms. The van der Waals surface area contributed by atoms with E-state index in [0.29, 0.717) is 20.6 Å². The molecule has 3 rings (SSSR count). The van der Waals surface area contributed by atoms with Gasteiger partial charge in [0.05, 0.1) is 10.0 Å². The Morgan fingerprint density at radius 3 is 2.56 bits per heavy atom. The lowest BCUT2D eigenvalue weighted by Gasteiger charge is -2.09. The zero-order valence-electron chi connectivity index (χ0n) is 12.2. The average molecular weight is 423 g/mol. The maximum absolute atomic E-state index is 12.5. The molecule has 1 aromatic heterocycles. The van der Waals surface area contributed by atoms with Crippen molar-refractivity contribution < 1.29 is 18.3 Å². The van der Waals surface area contributed by atoms with E-state index >= 15 is 0 Å². The number of ether oxygens (including phenoxy) is 1. The van der Waals surface area contributed by atoms with E-state index < -0.39 is 12.5 Å². The van der Waals surface area contributed by atoms with Crippen LogP contribution in [-0.4, -0.2) is 12.5 Å². The summed E-state index contributed by atoms with van der Waals surface area (Å²) in [4.78, 5) is 12.8. The van der Waals surface area contributed by atoms with E-state index in [2.05, 4.69) is 10.1 Å². The van der Waals surface area contributed by atoms with Crippen LogP contribution in [0.3, 0.4) is 0 Å². The number of halogens is 5. The summed E-state index contributed by atoms with van der Waals surface area (Å²) in [5.74, 6) is -0.620. The van der Waals surface area contributed by atoms with Crippen LogP contribution in [0, 0.1) is 0 Å². The summed E-state index contributed by atoms with van der Waals surface area (Å²) in [5.41, 5.74) is 0.322. The minimum atomic E-state index is -2.98. The van der Waals surface area contributed by atoms with Crippen molar-refractivity contribution in [3.63, 3.8) is 0 Å². The molecule has 1 N–H and O–H groups in total. The second-order valence-corrected chi connectivity index (χ2v) is 7.14. The van der Waals surface area contributed by atoms with E-state index in [1.54, 1.807) is 18.2 Å². The molecule has 130 valence electrons. The number of hydrogen-bond donors (Lipinski definition) is 1. The number of rotatable bonds is 4. The van der Waals surface area contributed by atoms with Gasteiger partial charge >= 0.3 is 6.61 Å². The van der Waals surface area contributed by atoms with Crippen molar-refractivity contribution in [1.29, 1.82) is 0 Å². The van der Waals surface area contributed by atoms with Crippen molar-refractivity contribution in [3.05, 3.63) is 56.3 Å². The summed E-state index contributed by atoms with van der Waals surface area (Å²) in [6, 6.07) is 9.11. The number of benzene rings is 2. The molecule has 0 bridgehead atoms. The molecule has 0 aliphatic carbocycles. The Labute approximate surface area is 160 Å². The summed E-state index contributed by atoms with van der Waals surface area (Å²) in [6.07, 6.45) is 0. The van der Waals surface area contributed by atoms with E-state index in [1.165, 1.54) is 29.5 Å². The van der Waals surface area contributed by atoms with Gasteiger partial charge in [0.15, 0.2) is 0 Å². The van der Waals surface area contributed by atoms with Gasteiger partial charge in [-0.2, -0.15) is 8.78 Å². The first-order valence-electron chi connectivity index (χ1n) is 6.78. The number of fused-ring (bicyclic) bond motifs is 1. The fourth-order valence-corrected chi connectivity index (χ4v) is 4.06. The Balaban J connectivity index is 1.85. The zero-order valence-corrected chi connectivity index (χ0v) is 15.2. The van der Waals surface area contributed by atoms with Crippen molar-refractivity contribution in [2.45, 2.75) is 6.61 Å². The number of anilines is 1. The molecule has 0 aliphatic rings. The minimum Gasteiger partial charge on any atom is -0.433 e. The third-order valence-electron chi connectivity index (χ3n) is 3.20. The maximum Gasteiger partial charge on any atom is 0.387 e. The van der Waals surface area contributed by atoms with Crippen molar-refractivity contribution >= 4 is 67.8 Å². The highest BCUT2D eigenvalue weighted by atomic mass is 35.5. The molecule has 0 saturated heterocycles. The molecule has 0 aliphatic heterocycles. The summed E-state index contributed by atoms with van der Waals surface area (Å²) in [6.45, 7) is -2.98. The highest BCUT2D eigenvalue weighted by Crippen LogP contribution is 2.37. The maximum atomic E-state index is 12.5. The number of thiophene rings is 1. The molecule has 2 aromatic carbocycles. The standard InChI is InChI=1S/C16H8Cl3F2NO2S/c17-7-1-3-9-12(5-7)25-14(13(9)19)15(23)22-8-2-4-11(10(18)6-8)24-16(20)21/h1-6,16H,(H,22,23). The monoisotopic (exact) mass is 421 g/mol. The first-order valence-corrected chi connectivity index (χ1v) is 8.73. The minimum absolute atomic E-state index is 0.0488. The molecule has 1 heterocycles. The smallest absolute Gasteiger partial charge is 0.387 e. The lowest BCUT2D eigenvalue weighted by molar-refractivity contribution is -0.0497. The topological polar surface area (TPSA) is 38.3 Å². The molecule has 1 amide bonds. The zero-order chi connectivity index (χ0) is 18.1. The van der Waals surface area contributed by atoms with Gasteiger partial charge in [0.25, 0.3) is 5.91 Å². The third-order valence-corrected chi connectivity index (χ3v) is 5.39. The highest BCUT2D eigenvalue weighted by molar-refractivity contribution is 7.21. The van der Waals surface area contributed by atoms with Crippen molar-refractivity contribution in [2.75, 3.05) is 5.32 Å². The molecule has 0 unspecified atom stereocenters. The van der Waals surface area contributed by atoms with E-state index in [4.69, 9.17) is 34.8 Å². The fourth-order valence-electron chi connectivity index (χ4n) is 2.14. The Kier molecular flexibility index (Phi) is 5.34. The van der Waals surface area contributed by atoms with Crippen LogP contribution in [0.4, 0.5) is 14.5 Å². The normalized spacial score (nSPS) is 11.1. The number of carbonyl (C=O) groups is 1. The number of amides is 1. The molecule has 0 fully saturated rings. The van der Waals surface area contributed by atoms with Gasteiger partial charge in [-0.05, 0) is 30.3 Å². The SMILES string of the molecule is O=C(Nc1ccc(OC(F)F)c(Cl)c1)c1sc2cc(Cl)ccc2c1Cl. The lowest BCUT2D eigenvalue weighted by atomic mass is 10.2. The molecule has 25 heavy (non-hydrogen) atoms. The second-order valence-electron chi connectivity index (χ2n) is 4.86. The number of hydrogen-bond acceptors (Lipinski definition) is 3. The van der Waals surface area contributed by atoms with Gasteiger partial charge < -0.3 is 10.1 Å². The van der Waals surface area contributed by atoms with Gasteiger partial charge in [-0.25, -0.2) is 0 Å². The summed E-state index contributed by atoms with van der Waals surface area (Å²) in [7, 11) is 0. The largest absolute Gasteiger partial charge is 0.433 e. The first kappa shape index (κ1) is 18.2. The molecule has 9 heteroatoms. The van der Waals surface area contributed by atoms with E-state index in [-0.39, 0.29) is 10.8 Å². The molecule has 0 saturated carbocycles. The van der Waals surface area contributed by atoms with Crippen LogP contribution in [0.1, 0.15) is 9.67 Å². The quantitative estimate of drug-likeness (QED) is 0.507. The van der Waals surface area contributed by atoms with E-state index in [0.717, 1.165) is 10.1 Å². The molecular weight excluding hydrogens is 415 g/mol.